The molecule has 0 atom stereocenters. The summed E-state index contributed by atoms with van der Waals surface area (Å²) in [5.41, 5.74) is 2.38. The molecule has 0 aliphatic carbocycles. The summed E-state index contributed by atoms with van der Waals surface area (Å²) in [6, 6.07) is 25.7. The fourth-order valence-electron chi connectivity index (χ4n) is 3.14. The van der Waals surface area contributed by atoms with Gasteiger partial charge in [-0.1, -0.05) is 54.6 Å². The highest BCUT2D eigenvalue weighted by Crippen LogP contribution is 2.27. The number of aryl methyl sites for hydroxylation is 1. The van der Waals surface area contributed by atoms with E-state index in [4.69, 9.17) is 18.9 Å². The minimum atomic E-state index is -0.405. The van der Waals surface area contributed by atoms with Gasteiger partial charge in [-0.25, -0.2) is 4.79 Å². The predicted molar refractivity (Wildman–Crippen MR) is 124 cm³/mol. The molecule has 0 unspecified atom stereocenters. The molecule has 0 N–H and O–H groups in total. The van der Waals surface area contributed by atoms with E-state index >= 15 is 0 Å². The molecule has 0 saturated carbocycles. The summed E-state index contributed by atoms with van der Waals surface area (Å²) in [4.78, 5) is 11.5. The summed E-state index contributed by atoms with van der Waals surface area (Å²) >= 11 is 0. The molecule has 5 heteroatoms. The molecule has 0 aromatic heterocycles. The van der Waals surface area contributed by atoms with E-state index in [2.05, 4.69) is 24.3 Å². The quantitative estimate of drug-likeness (QED) is 0.259. The van der Waals surface area contributed by atoms with Gasteiger partial charge in [0.25, 0.3) is 0 Å². The van der Waals surface area contributed by atoms with E-state index in [1.165, 1.54) is 5.56 Å². The summed E-state index contributed by atoms with van der Waals surface area (Å²) < 4.78 is 22.2. The van der Waals surface area contributed by atoms with E-state index in [1.54, 1.807) is 13.0 Å². The second-order valence-electron chi connectivity index (χ2n) is 7.26. The minimum absolute atomic E-state index is 0.147. The minimum Gasteiger partial charge on any atom is -0.494 e. The Hall–Kier alpha value is -3.47. The molecule has 0 aliphatic heterocycles. The van der Waals surface area contributed by atoms with Gasteiger partial charge in [-0.05, 0) is 61.6 Å². The van der Waals surface area contributed by atoms with Crippen LogP contribution in [0.5, 0.6) is 17.2 Å². The van der Waals surface area contributed by atoms with Gasteiger partial charge in [0.05, 0.1) is 13.2 Å². The molecule has 0 fully saturated rings. The first kappa shape index (κ1) is 23.2. The summed E-state index contributed by atoms with van der Waals surface area (Å²) in [5.74, 6) is 1.54. The van der Waals surface area contributed by atoms with Crippen molar-refractivity contribution in [3.63, 3.8) is 0 Å². The van der Waals surface area contributed by atoms with Crippen molar-refractivity contribution in [3.8, 4) is 17.2 Å². The number of rotatable bonds is 13. The summed E-state index contributed by atoms with van der Waals surface area (Å²) in [7, 11) is 0. The van der Waals surface area contributed by atoms with Crippen molar-refractivity contribution >= 4 is 5.97 Å². The zero-order valence-corrected chi connectivity index (χ0v) is 18.5. The van der Waals surface area contributed by atoms with Crippen LogP contribution in [0, 0.1) is 0 Å². The maximum Gasteiger partial charge on any atom is 0.344 e. The molecule has 0 aliphatic rings. The van der Waals surface area contributed by atoms with E-state index in [1.807, 2.05) is 48.5 Å². The van der Waals surface area contributed by atoms with Crippen LogP contribution < -0.4 is 14.2 Å². The number of unbranched alkanes of at least 4 members (excludes halogenated alkanes) is 1. The van der Waals surface area contributed by atoms with Crippen LogP contribution in [0.15, 0.2) is 78.9 Å². The fraction of sp³-hybridized carbons (Fsp3) is 0.296. The highest BCUT2D eigenvalue weighted by atomic mass is 16.6. The Labute approximate surface area is 189 Å². The lowest BCUT2D eigenvalue weighted by Crippen LogP contribution is -2.15. The van der Waals surface area contributed by atoms with E-state index in [-0.39, 0.29) is 6.61 Å². The van der Waals surface area contributed by atoms with Gasteiger partial charge in [0.15, 0.2) is 18.1 Å². The summed E-state index contributed by atoms with van der Waals surface area (Å²) in [5, 5.41) is 0. The molecule has 0 amide bonds. The van der Waals surface area contributed by atoms with Crippen molar-refractivity contribution in [1.29, 1.82) is 0 Å². The first-order valence-corrected chi connectivity index (χ1v) is 11.0. The largest absolute Gasteiger partial charge is 0.494 e. The molecule has 0 bridgehead atoms. The zero-order chi connectivity index (χ0) is 22.4. The number of para-hydroxylation sites is 2. The van der Waals surface area contributed by atoms with E-state index in [0.717, 1.165) is 30.6 Å². The van der Waals surface area contributed by atoms with Crippen LogP contribution in [0.2, 0.25) is 0 Å². The lowest BCUT2D eigenvalue weighted by molar-refractivity contribution is -0.145. The number of ether oxygens (including phenoxy) is 4. The molecule has 32 heavy (non-hydrogen) atoms. The lowest BCUT2D eigenvalue weighted by Gasteiger charge is -2.12. The molecule has 0 heterocycles. The number of hydrogen-bond donors (Lipinski definition) is 0. The number of carbonyl (C=O) groups is 1. The van der Waals surface area contributed by atoms with Gasteiger partial charge in [0, 0.05) is 0 Å². The molecule has 3 rings (SSSR count). The summed E-state index contributed by atoms with van der Waals surface area (Å²) in [6.45, 7) is 3.03. The Morgan fingerprint density at radius 2 is 1.41 bits per heavy atom. The van der Waals surface area contributed by atoms with Gasteiger partial charge in [0.2, 0.25) is 0 Å². The van der Waals surface area contributed by atoms with E-state index in [9.17, 15) is 4.79 Å². The van der Waals surface area contributed by atoms with Crippen LogP contribution in [0.1, 0.15) is 30.9 Å². The molecule has 0 radical (unpaired) electrons. The van der Waals surface area contributed by atoms with Gasteiger partial charge < -0.3 is 18.9 Å². The third-order valence-corrected chi connectivity index (χ3v) is 4.79. The van der Waals surface area contributed by atoms with Crippen molar-refractivity contribution in [2.75, 3.05) is 19.8 Å². The Balaban J connectivity index is 1.39. The highest BCUT2D eigenvalue weighted by Gasteiger charge is 2.08. The SMILES string of the molecule is CCOC(=O)COc1ccccc1OCc1ccc(OCCCCc2ccccc2)cc1. The Morgan fingerprint density at radius 1 is 0.719 bits per heavy atom. The van der Waals surface area contributed by atoms with Crippen molar-refractivity contribution in [2.24, 2.45) is 0 Å². The Morgan fingerprint density at radius 3 is 2.12 bits per heavy atom. The lowest BCUT2D eigenvalue weighted by atomic mass is 10.1. The van der Waals surface area contributed by atoms with E-state index < -0.39 is 5.97 Å². The topological polar surface area (TPSA) is 54.0 Å². The van der Waals surface area contributed by atoms with Gasteiger partial charge in [-0.15, -0.1) is 0 Å². The third kappa shape index (κ3) is 7.99. The molecule has 0 spiro atoms. The summed E-state index contributed by atoms with van der Waals surface area (Å²) in [6.07, 6.45) is 3.20. The van der Waals surface area contributed by atoms with Crippen LogP contribution in [0.3, 0.4) is 0 Å². The number of benzene rings is 3. The molecule has 0 saturated heterocycles. The predicted octanol–water partition coefficient (Wildman–Crippen LogP) is 5.61. The fourth-order valence-corrected chi connectivity index (χ4v) is 3.14. The van der Waals surface area contributed by atoms with Gasteiger partial charge in [-0.2, -0.15) is 0 Å². The monoisotopic (exact) mass is 434 g/mol. The number of esters is 1. The van der Waals surface area contributed by atoms with Crippen LogP contribution >= 0.6 is 0 Å². The third-order valence-electron chi connectivity index (χ3n) is 4.79. The second-order valence-corrected chi connectivity index (χ2v) is 7.26. The normalized spacial score (nSPS) is 10.4. The molecule has 3 aromatic carbocycles. The van der Waals surface area contributed by atoms with Crippen molar-refractivity contribution < 1.29 is 23.7 Å². The van der Waals surface area contributed by atoms with E-state index in [0.29, 0.717) is 31.3 Å². The first-order valence-electron chi connectivity index (χ1n) is 11.0. The number of carbonyl (C=O) groups excluding carboxylic acids is 1. The molecular weight excluding hydrogens is 404 g/mol. The maximum absolute atomic E-state index is 11.5. The average Bonchev–Trinajstić information content (AvgIpc) is 2.83. The smallest absolute Gasteiger partial charge is 0.344 e. The zero-order valence-electron chi connectivity index (χ0n) is 18.5. The Bertz CT molecular complexity index is 938. The Kier molecular flexibility index (Phi) is 9.46. The van der Waals surface area contributed by atoms with Crippen LogP contribution in [-0.4, -0.2) is 25.8 Å². The van der Waals surface area contributed by atoms with Crippen molar-refractivity contribution in [2.45, 2.75) is 32.8 Å². The molecule has 168 valence electrons. The van der Waals surface area contributed by atoms with Gasteiger partial charge in [-0.3, -0.25) is 0 Å². The van der Waals surface area contributed by atoms with Crippen LogP contribution in [0.4, 0.5) is 0 Å². The van der Waals surface area contributed by atoms with Crippen LogP contribution in [-0.2, 0) is 22.6 Å². The molecular formula is C27H30O5. The van der Waals surface area contributed by atoms with Crippen LogP contribution in [0.25, 0.3) is 0 Å². The molecule has 3 aromatic rings. The van der Waals surface area contributed by atoms with Crippen molar-refractivity contribution in [3.05, 3.63) is 90.0 Å². The average molecular weight is 435 g/mol. The highest BCUT2D eigenvalue weighted by molar-refractivity contribution is 5.71. The first-order chi connectivity index (χ1) is 15.7. The number of hydrogen-bond acceptors (Lipinski definition) is 5. The molecule has 5 nitrogen and oxygen atoms in total. The van der Waals surface area contributed by atoms with Crippen molar-refractivity contribution in [1.82, 2.24) is 0 Å². The second kappa shape index (κ2) is 13.1. The van der Waals surface area contributed by atoms with Gasteiger partial charge in [0.1, 0.15) is 12.4 Å². The van der Waals surface area contributed by atoms with Gasteiger partial charge >= 0.3 is 5.97 Å². The standard InChI is InChI=1S/C27H30O5/c1-2-29-27(28)21-32-26-14-7-6-13-25(26)31-20-23-15-17-24(18-16-23)30-19-9-8-12-22-10-4-3-5-11-22/h3-7,10-11,13-18H,2,8-9,12,19-21H2,1H3. The maximum atomic E-state index is 11.5.